The Bertz CT molecular complexity index is 581. The summed E-state index contributed by atoms with van der Waals surface area (Å²) in [6, 6.07) is -0.1000. The van der Waals surface area contributed by atoms with E-state index in [0.29, 0.717) is 11.7 Å². The zero-order chi connectivity index (χ0) is 14.1. The zero-order valence-electron chi connectivity index (χ0n) is 11.3. The molecule has 2 aliphatic rings. The van der Waals surface area contributed by atoms with E-state index in [2.05, 4.69) is 10.3 Å². The van der Waals surface area contributed by atoms with Crippen LogP contribution in [0.25, 0.3) is 0 Å². The minimum absolute atomic E-state index is 0.0413. The molecule has 3 heterocycles. The average Bonchev–Trinajstić information content (AvgIpc) is 3.10. The first-order valence-electron chi connectivity index (χ1n) is 6.82. The normalized spacial score (nSPS) is 22.6. The highest BCUT2D eigenvalue weighted by atomic mass is 32.2. The van der Waals surface area contributed by atoms with Crippen LogP contribution in [0.15, 0.2) is 16.1 Å². The topological polar surface area (TPSA) is 73.2 Å². The Balaban J connectivity index is 1.76. The van der Waals surface area contributed by atoms with Gasteiger partial charge in [0.15, 0.2) is 5.16 Å². The minimum atomic E-state index is -0.363. The molecule has 0 unspecified atom stereocenters. The highest BCUT2D eigenvalue weighted by molar-refractivity contribution is 7.99. The molecule has 3 rings (SSSR count). The van der Waals surface area contributed by atoms with Crippen LogP contribution < -0.4 is 10.9 Å². The molecule has 1 N–H and O–H groups in total. The highest BCUT2D eigenvalue weighted by Crippen LogP contribution is 2.20. The van der Waals surface area contributed by atoms with Gasteiger partial charge in [0.05, 0.1) is 12.1 Å². The molecule has 1 aromatic rings. The van der Waals surface area contributed by atoms with Crippen LogP contribution in [0.1, 0.15) is 30.1 Å². The molecule has 0 spiro atoms. The second-order valence-corrected chi connectivity index (χ2v) is 6.14. The molecule has 0 radical (unpaired) electrons. The van der Waals surface area contributed by atoms with Gasteiger partial charge in [0.1, 0.15) is 5.56 Å². The molecule has 2 aliphatic heterocycles. The molecule has 0 saturated carbocycles. The number of carbonyl (C=O) groups is 1. The van der Waals surface area contributed by atoms with Crippen LogP contribution in [0, 0.1) is 0 Å². The molecule has 1 saturated heterocycles. The molecule has 20 heavy (non-hydrogen) atoms. The lowest BCUT2D eigenvalue weighted by atomic mass is 10.1. The van der Waals surface area contributed by atoms with Gasteiger partial charge >= 0.3 is 0 Å². The molecule has 1 fully saturated rings. The Morgan fingerprint density at radius 3 is 3.25 bits per heavy atom. The molecule has 0 aromatic carbocycles. The van der Waals surface area contributed by atoms with Crippen LogP contribution in [0.2, 0.25) is 0 Å². The zero-order valence-corrected chi connectivity index (χ0v) is 12.1. The van der Waals surface area contributed by atoms with Gasteiger partial charge in [-0.15, -0.1) is 0 Å². The molecule has 7 heteroatoms. The van der Waals surface area contributed by atoms with Gasteiger partial charge in [-0.1, -0.05) is 11.8 Å². The van der Waals surface area contributed by atoms with E-state index in [1.807, 2.05) is 6.92 Å². The monoisotopic (exact) mass is 295 g/mol. The van der Waals surface area contributed by atoms with Gasteiger partial charge in [-0.2, -0.15) is 0 Å². The van der Waals surface area contributed by atoms with Gasteiger partial charge in [-0.3, -0.25) is 14.2 Å². The van der Waals surface area contributed by atoms with Crippen molar-refractivity contribution < 1.29 is 9.53 Å². The second-order valence-electron chi connectivity index (χ2n) is 5.07. The Hall–Kier alpha value is -1.34. The molecular weight excluding hydrogens is 278 g/mol. The molecule has 1 amide bonds. The molecule has 1 aromatic heterocycles. The fraction of sp³-hybridized carbons (Fsp3) is 0.615. The predicted octanol–water partition coefficient (Wildman–Crippen LogP) is 0.646. The smallest absolute Gasteiger partial charge is 0.267 e. The Morgan fingerprint density at radius 2 is 2.50 bits per heavy atom. The van der Waals surface area contributed by atoms with E-state index in [4.69, 9.17) is 4.74 Å². The number of hydrogen-bond acceptors (Lipinski definition) is 5. The van der Waals surface area contributed by atoms with Crippen molar-refractivity contribution in [1.29, 1.82) is 0 Å². The molecule has 2 atom stereocenters. The molecule has 0 aliphatic carbocycles. The Kier molecular flexibility index (Phi) is 3.80. The minimum Gasteiger partial charge on any atom is -0.376 e. The number of rotatable bonds is 3. The van der Waals surface area contributed by atoms with Crippen molar-refractivity contribution in [2.45, 2.75) is 43.6 Å². The number of nitrogens with zero attached hydrogens (tertiary/aromatic N) is 2. The number of nitrogens with one attached hydrogen (secondary N) is 1. The number of ether oxygens (including phenoxy) is 1. The van der Waals surface area contributed by atoms with E-state index in [1.54, 1.807) is 4.57 Å². The number of aromatic nitrogens is 2. The van der Waals surface area contributed by atoms with Crippen LogP contribution in [-0.4, -0.2) is 40.0 Å². The number of thioether (sulfide) groups is 1. The van der Waals surface area contributed by atoms with Gasteiger partial charge in [-0.25, -0.2) is 4.98 Å². The van der Waals surface area contributed by atoms with Crippen molar-refractivity contribution >= 4 is 17.7 Å². The summed E-state index contributed by atoms with van der Waals surface area (Å²) in [5, 5.41) is 3.54. The quantitative estimate of drug-likeness (QED) is 0.829. The Labute approximate surface area is 120 Å². The lowest BCUT2D eigenvalue weighted by molar-refractivity contribution is 0.0710. The van der Waals surface area contributed by atoms with Crippen molar-refractivity contribution in [2.24, 2.45) is 0 Å². The first-order valence-corrected chi connectivity index (χ1v) is 7.80. The summed E-state index contributed by atoms with van der Waals surface area (Å²) in [4.78, 5) is 28.6. The molecule has 0 bridgehead atoms. The van der Waals surface area contributed by atoms with Gasteiger partial charge in [0, 0.05) is 25.1 Å². The highest BCUT2D eigenvalue weighted by Gasteiger charge is 2.26. The standard InChI is InChI=1S/C13H17N3O3S/c1-8(10-3-2-5-19-10)15-11(17)9-7-14-13-16(12(9)18)4-6-20-13/h7-8,10H,2-6H2,1H3,(H,15,17)/t8-,10+/m1/s1. The second kappa shape index (κ2) is 5.57. The van der Waals surface area contributed by atoms with Crippen molar-refractivity contribution in [3.8, 4) is 0 Å². The lowest BCUT2D eigenvalue weighted by Gasteiger charge is -2.19. The number of hydrogen-bond donors (Lipinski definition) is 1. The Morgan fingerprint density at radius 1 is 1.65 bits per heavy atom. The average molecular weight is 295 g/mol. The van der Waals surface area contributed by atoms with E-state index >= 15 is 0 Å². The maximum Gasteiger partial charge on any atom is 0.267 e. The van der Waals surface area contributed by atoms with Crippen LogP contribution in [0.3, 0.4) is 0 Å². The molecule has 108 valence electrons. The summed E-state index contributed by atoms with van der Waals surface area (Å²) in [5.41, 5.74) is -0.141. The van der Waals surface area contributed by atoms with Crippen molar-refractivity contribution in [2.75, 3.05) is 12.4 Å². The van der Waals surface area contributed by atoms with Gasteiger partial charge in [0.25, 0.3) is 11.5 Å². The molecule has 6 nitrogen and oxygen atoms in total. The van der Waals surface area contributed by atoms with E-state index in [-0.39, 0.29) is 29.2 Å². The van der Waals surface area contributed by atoms with Crippen molar-refractivity contribution in [3.63, 3.8) is 0 Å². The van der Waals surface area contributed by atoms with Gasteiger partial charge in [0.2, 0.25) is 0 Å². The predicted molar refractivity (Wildman–Crippen MR) is 75.1 cm³/mol. The lowest BCUT2D eigenvalue weighted by Crippen LogP contribution is -2.43. The summed E-state index contributed by atoms with van der Waals surface area (Å²) in [6.07, 6.45) is 3.38. The first kappa shape index (κ1) is 13.6. The summed E-state index contributed by atoms with van der Waals surface area (Å²) in [7, 11) is 0. The summed E-state index contributed by atoms with van der Waals surface area (Å²) in [5.74, 6) is 0.470. The van der Waals surface area contributed by atoms with E-state index in [0.717, 1.165) is 25.2 Å². The van der Waals surface area contributed by atoms with E-state index in [1.165, 1.54) is 18.0 Å². The van der Waals surface area contributed by atoms with Crippen molar-refractivity contribution in [1.82, 2.24) is 14.9 Å². The summed E-state index contributed by atoms with van der Waals surface area (Å²) in [6.45, 7) is 3.27. The van der Waals surface area contributed by atoms with E-state index < -0.39 is 0 Å². The number of fused-ring (bicyclic) bond motifs is 1. The maximum absolute atomic E-state index is 12.2. The SMILES string of the molecule is C[C@@H](NC(=O)c1cnc2n(c1=O)CCS2)[C@@H]1CCCO1. The van der Waals surface area contributed by atoms with Crippen molar-refractivity contribution in [3.05, 3.63) is 22.1 Å². The fourth-order valence-electron chi connectivity index (χ4n) is 2.55. The molecular formula is C13H17N3O3S. The van der Waals surface area contributed by atoms with E-state index in [9.17, 15) is 9.59 Å². The largest absolute Gasteiger partial charge is 0.376 e. The van der Waals surface area contributed by atoms with Crippen LogP contribution in [-0.2, 0) is 11.3 Å². The van der Waals surface area contributed by atoms with Crippen LogP contribution >= 0.6 is 11.8 Å². The third-order valence-electron chi connectivity index (χ3n) is 3.68. The van der Waals surface area contributed by atoms with Crippen LogP contribution in [0.4, 0.5) is 0 Å². The van der Waals surface area contributed by atoms with Gasteiger partial charge < -0.3 is 10.1 Å². The maximum atomic E-state index is 12.2. The third-order valence-corrected chi connectivity index (χ3v) is 4.65. The van der Waals surface area contributed by atoms with Gasteiger partial charge in [-0.05, 0) is 19.8 Å². The number of amides is 1. The third kappa shape index (κ3) is 2.47. The first-order chi connectivity index (χ1) is 9.66. The summed E-state index contributed by atoms with van der Waals surface area (Å²) < 4.78 is 7.10. The summed E-state index contributed by atoms with van der Waals surface area (Å²) >= 11 is 1.54. The van der Waals surface area contributed by atoms with Crippen LogP contribution in [0.5, 0.6) is 0 Å². The fourth-order valence-corrected chi connectivity index (χ4v) is 3.46. The number of carbonyl (C=O) groups excluding carboxylic acids is 1.